The van der Waals surface area contributed by atoms with Crippen molar-refractivity contribution in [3.05, 3.63) is 18.2 Å². The van der Waals surface area contributed by atoms with Crippen molar-refractivity contribution >= 4 is 32.8 Å². The third-order valence-electron chi connectivity index (χ3n) is 3.79. The molecule has 0 radical (unpaired) electrons. The van der Waals surface area contributed by atoms with Crippen LogP contribution in [0.3, 0.4) is 0 Å². The van der Waals surface area contributed by atoms with Crippen molar-refractivity contribution in [1.29, 1.82) is 5.26 Å². The van der Waals surface area contributed by atoms with E-state index < -0.39 is 15.6 Å². The van der Waals surface area contributed by atoms with Gasteiger partial charge in [0, 0.05) is 0 Å². The molecule has 1 aliphatic rings. The Labute approximate surface area is 127 Å². The summed E-state index contributed by atoms with van der Waals surface area (Å²) >= 11 is 0.977. The van der Waals surface area contributed by atoms with Gasteiger partial charge >= 0.3 is 0 Å². The van der Waals surface area contributed by atoms with Gasteiger partial charge in [0.25, 0.3) is 0 Å². The van der Waals surface area contributed by atoms with Gasteiger partial charge in [0.05, 0.1) is 17.8 Å². The third-order valence-corrected chi connectivity index (χ3v) is 5.90. The molecule has 2 aromatic rings. The summed E-state index contributed by atoms with van der Waals surface area (Å²) in [6.07, 6.45) is 3.86. The van der Waals surface area contributed by atoms with E-state index >= 15 is 0 Å². The largest absolute Gasteiger partial charge is 0.244 e. The molecule has 110 valence electrons. The van der Waals surface area contributed by atoms with Gasteiger partial charge in [0.1, 0.15) is 21.5 Å². The molecule has 3 rings (SSSR count). The second-order valence-electron chi connectivity index (χ2n) is 5.25. The molecule has 0 unspecified atom stereocenters. The van der Waals surface area contributed by atoms with E-state index in [0.717, 1.165) is 31.0 Å². The van der Waals surface area contributed by atoms with Crippen molar-refractivity contribution < 1.29 is 8.42 Å². The Kier molecular flexibility index (Phi) is 3.65. The predicted molar refractivity (Wildman–Crippen MR) is 79.2 cm³/mol. The molecule has 0 bridgehead atoms. The lowest BCUT2D eigenvalue weighted by Gasteiger charge is -2.31. The van der Waals surface area contributed by atoms with Crippen molar-refractivity contribution in [3.8, 4) is 6.07 Å². The van der Waals surface area contributed by atoms with Gasteiger partial charge in [0.15, 0.2) is 0 Å². The lowest BCUT2D eigenvalue weighted by atomic mass is 9.84. The Hall–Kier alpha value is -1.56. The van der Waals surface area contributed by atoms with Gasteiger partial charge in [-0.05, 0) is 25.0 Å². The molecule has 1 aromatic heterocycles. The molecular weight excluding hydrogens is 308 g/mol. The molecule has 0 spiro atoms. The Bertz CT molecular complexity index is 801. The number of nitriles is 1. The van der Waals surface area contributed by atoms with Crippen molar-refractivity contribution in [3.63, 3.8) is 0 Å². The van der Waals surface area contributed by atoms with Crippen molar-refractivity contribution in [2.45, 2.75) is 42.5 Å². The van der Waals surface area contributed by atoms with Crippen LogP contribution in [0, 0.1) is 11.3 Å². The third kappa shape index (κ3) is 2.64. The molecule has 1 aromatic carbocycles. The topological polar surface area (TPSA) is 95.7 Å². The van der Waals surface area contributed by atoms with Gasteiger partial charge in [-0.25, -0.2) is 8.42 Å². The number of fused-ring (bicyclic) bond motifs is 1. The maximum Gasteiger partial charge on any atom is 0.244 e. The molecule has 21 heavy (non-hydrogen) atoms. The normalized spacial score (nSPS) is 18.4. The molecule has 1 N–H and O–H groups in total. The molecule has 0 amide bonds. The van der Waals surface area contributed by atoms with Crippen LogP contribution < -0.4 is 4.72 Å². The fourth-order valence-electron chi connectivity index (χ4n) is 2.70. The van der Waals surface area contributed by atoms with E-state index in [0.29, 0.717) is 23.9 Å². The standard InChI is InChI=1S/C13H14N4O2S2/c14-9-13(7-2-1-3-8-13)17-21(18,19)11-6-4-5-10-12(11)16-20-15-10/h4-6,17H,1-3,7-8H2. The number of rotatable bonds is 3. The van der Waals surface area contributed by atoms with Crippen molar-refractivity contribution in [2.75, 3.05) is 0 Å². The minimum absolute atomic E-state index is 0.0916. The Balaban J connectivity index is 2.01. The van der Waals surface area contributed by atoms with E-state index in [-0.39, 0.29) is 4.90 Å². The molecular formula is C13H14N4O2S2. The summed E-state index contributed by atoms with van der Waals surface area (Å²) in [5.41, 5.74) is -0.0840. The lowest BCUT2D eigenvalue weighted by molar-refractivity contribution is 0.338. The van der Waals surface area contributed by atoms with Crippen LogP contribution in [0.2, 0.25) is 0 Å². The van der Waals surface area contributed by atoms with Crippen LogP contribution in [0.4, 0.5) is 0 Å². The predicted octanol–water partition coefficient (Wildman–Crippen LogP) is 2.20. The molecule has 0 aliphatic heterocycles. The van der Waals surface area contributed by atoms with Crippen molar-refractivity contribution in [1.82, 2.24) is 13.5 Å². The zero-order valence-electron chi connectivity index (χ0n) is 11.2. The number of nitrogens with one attached hydrogen (secondary N) is 1. The van der Waals surface area contributed by atoms with E-state index in [1.165, 1.54) is 6.07 Å². The SMILES string of the molecule is N#CC1(NS(=O)(=O)c2cccc3nsnc23)CCCCC1. The van der Waals surface area contributed by atoms with E-state index in [4.69, 9.17) is 0 Å². The van der Waals surface area contributed by atoms with Crippen LogP contribution in [0.25, 0.3) is 11.0 Å². The van der Waals surface area contributed by atoms with E-state index in [1.807, 2.05) is 0 Å². The molecule has 0 saturated heterocycles. The van der Waals surface area contributed by atoms with Gasteiger partial charge in [-0.15, -0.1) is 0 Å². The average Bonchev–Trinajstić information content (AvgIpc) is 2.96. The minimum Gasteiger partial charge on any atom is -0.207 e. The summed E-state index contributed by atoms with van der Waals surface area (Å²) < 4.78 is 36.0. The summed E-state index contributed by atoms with van der Waals surface area (Å²) in [5, 5.41) is 9.42. The first-order valence-corrected chi connectivity index (χ1v) is 8.94. The highest BCUT2D eigenvalue weighted by atomic mass is 32.2. The van der Waals surface area contributed by atoms with Gasteiger partial charge in [-0.3, -0.25) is 0 Å². The summed E-state index contributed by atoms with van der Waals surface area (Å²) in [4.78, 5) is 0.0916. The average molecular weight is 322 g/mol. The molecule has 1 fully saturated rings. The van der Waals surface area contributed by atoms with E-state index in [2.05, 4.69) is 19.5 Å². The van der Waals surface area contributed by atoms with Gasteiger partial charge in [-0.1, -0.05) is 25.3 Å². The highest BCUT2D eigenvalue weighted by molar-refractivity contribution is 7.89. The number of benzene rings is 1. The molecule has 1 aliphatic carbocycles. The summed E-state index contributed by atoms with van der Waals surface area (Å²) in [5.74, 6) is 0. The van der Waals surface area contributed by atoms with Crippen LogP contribution in [-0.4, -0.2) is 22.7 Å². The van der Waals surface area contributed by atoms with Crippen LogP contribution in [0.5, 0.6) is 0 Å². The monoisotopic (exact) mass is 322 g/mol. The first-order chi connectivity index (χ1) is 10.1. The first-order valence-electron chi connectivity index (χ1n) is 6.73. The van der Waals surface area contributed by atoms with Gasteiger partial charge < -0.3 is 0 Å². The summed E-state index contributed by atoms with van der Waals surface area (Å²) in [7, 11) is -3.80. The van der Waals surface area contributed by atoms with Gasteiger partial charge in [-0.2, -0.15) is 18.7 Å². The summed E-state index contributed by atoms with van der Waals surface area (Å²) in [6, 6.07) is 7.02. The number of nitrogens with zero attached hydrogens (tertiary/aromatic N) is 3. The maximum atomic E-state index is 12.7. The van der Waals surface area contributed by atoms with E-state index in [9.17, 15) is 13.7 Å². The van der Waals surface area contributed by atoms with Crippen LogP contribution in [-0.2, 0) is 10.0 Å². The second kappa shape index (κ2) is 5.33. The second-order valence-corrected chi connectivity index (χ2v) is 7.43. The molecule has 8 heteroatoms. The number of hydrogen-bond donors (Lipinski definition) is 1. The Morgan fingerprint density at radius 1 is 1.24 bits per heavy atom. The number of hydrogen-bond acceptors (Lipinski definition) is 6. The van der Waals surface area contributed by atoms with Crippen LogP contribution in [0.15, 0.2) is 23.1 Å². The molecule has 0 atom stereocenters. The van der Waals surface area contributed by atoms with Crippen molar-refractivity contribution in [2.24, 2.45) is 0 Å². The number of sulfonamides is 1. The highest BCUT2D eigenvalue weighted by Gasteiger charge is 2.37. The summed E-state index contributed by atoms with van der Waals surface area (Å²) in [6.45, 7) is 0. The molecule has 1 heterocycles. The van der Waals surface area contributed by atoms with Crippen LogP contribution in [0.1, 0.15) is 32.1 Å². The maximum absolute atomic E-state index is 12.7. The number of aromatic nitrogens is 2. The first kappa shape index (κ1) is 14.4. The van der Waals surface area contributed by atoms with Crippen LogP contribution >= 0.6 is 11.7 Å². The fourth-order valence-corrected chi connectivity index (χ4v) is 4.85. The van der Waals surface area contributed by atoms with E-state index in [1.54, 1.807) is 12.1 Å². The Morgan fingerprint density at radius 2 is 2.00 bits per heavy atom. The fraction of sp³-hybridized carbons (Fsp3) is 0.462. The zero-order valence-corrected chi connectivity index (χ0v) is 12.9. The molecule has 1 saturated carbocycles. The zero-order chi connectivity index (χ0) is 14.9. The smallest absolute Gasteiger partial charge is 0.207 e. The Morgan fingerprint density at radius 3 is 2.71 bits per heavy atom. The van der Waals surface area contributed by atoms with Gasteiger partial charge in [0.2, 0.25) is 10.0 Å². The minimum atomic E-state index is -3.80. The molecule has 6 nitrogen and oxygen atoms in total. The quantitative estimate of drug-likeness (QED) is 0.934. The lowest BCUT2D eigenvalue weighted by Crippen LogP contribution is -2.48. The highest BCUT2D eigenvalue weighted by Crippen LogP contribution is 2.30.